The van der Waals surface area contributed by atoms with Gasteiger partial charge in [0.25, 0.3) is 5.91 Å². The van der Waals surface area contributed by atoms with Gasteiger partial charge in [-0.15, -0.1) is 0 Å². The van der Waals surface area contributed by atoms with Crippen molar-refractivity contribution in [2.75, 3.05) is 7.11 Å². The zero-order valence-electron chi connectivity index (χ0n) is 11.8. The maximum Gasteiger partial charge on any atom is 0.273 e. The molecule has 1 amide bonds. The highest BCUT2D eigenvalue weighted by Gasteiger charge is 2.14. The smallest absolute Gasteiger partial charge is 0.273 e. The van der Waals surface area contributed by atoms with Crippen LogP contribution >= 0.6 is 0 Å². The van der Waals surface area contributed by atoms with Gasteiger partial charge in [-0.2, -0.15) is 5.10 Å². The Labute approximate surface area is 116 Å². The molecule has 2 aromatic heterocycles. The second-order valence-electron chi connectivity index (χ2n) is 4.77. The number of hydrogen-bond donors (Lipinski definition) is 2. The van der Waals surface area contributed by atoms with Gasteiger partial charge in [-0.25, -0.2) is 0 Å². The quantitative estimate of drug-likeness (QED) is 0.837. The summed E-state index contributed by atoms with van der Waals surface area (Å²) >= 11 is 0. The van der Waals surface area contributed by atoms with Gasteiger partial charge in [-0.3, -0.25) is 9.89 Å². The second kappa shape index (κ2) is 6.33. The molecule has 0 fully saturated rings. The molecular formula is C13H18N4O3. The molecule has 0 saturated heterocycles. The number of nitrogens with one attached hydrogen (secondary N) is 2. The third-order valence-electron chi connectivity index (χ3n) is 2.75. The van der Waals surface area contributed by atoms with Crippen LogP contribution in [0.15, 0.2) is 16.7 Å². The predicted molar refractivity (Wildman–Crippen MR) is 71.1 cm³/mol. The molecule has 2 rings (SSSR count). The number of methoxy groups -OCH3 is 1. The Hall–Kier alpha value is -2.15. The largest absolute Gasteiger partial charge is 0.378 e. The van der Waals surface area contributed by atoms with Crippen molar-refractivity contribution < 1.29 is 14.1 Å². The lowest BCUT2D eigenvalue weighted by Crippen LogP contribution is -2.23. The molecule has 0 radical (unpaired) electrons. The van der Waals surface area contributed by atoms with Crippen molar-refractivity contribution >= 4 is 5.91 Å². The number of rotatable bonds is 6. The summed E-state index contributed by atoms with van der Waals surface area (Å²) in [6.45, 7) is 4.74. The molecule has 0 aliphatic rings. The van der Waals surface area contributed by atoms with E-state index in [-0.39, 0.29) is 17.5 Å². The molecule has 2 heterocycles. The minimum Gasteiger partial charge on any atom is -0.378 e. The first-order chi connectivity index (χ1) is 9.60. The highest BCUT2D eigenvalue weighted by molar-refractivity contribution is 5.92. The van der Waals surface area contributed by atoms with Gasteiger partial charge in [-0.1, -0.05) is 19.0 Å². The summed E-state index contributed by atoms with van der Waals surface area (Å²) in [6, 6.07) is 3.50. The Morgan fingerprint density at radius 1 is 1.50 bits per heavy atom. The van der Waals surface area contributed by atoms with Crippen LogP contribution < -0.4 is 5.32 Å². The highest BCUT2D eigenvalue weighted by Crippen LogP contribution is 2.14. The molecule has 0 spiro atoms. The average molecular weight is 278 g/mol. The minimum atomic E-state index is -0.274. The van der Waals surface area contributed by atoms with E-state index in [1.165, 1.54) is 0 Å². The van der Waals surface area contributed by atoms with E-state index in [0.717, 1.165) is 11.4 Å². The van der Waals surface area contributed by atoms with Crippen LogP contribution in [-0.2, 0) is 17.9 Å². The normalized spacial score (nSPS) is 11.0. The van der Waals surface area contributed by atoms with E-state index in [0.29, 0.717) is 18.9 Å². The first kappa shape index (κ1) is 14.3. The number of ether oxygens (including phenoxy) is 1. The maximum absolute atomic E-state index is 11.9. The summed E-state index contributed by atoms with van der Waals surface area (Å²) in [5.74, 6) is 0.621. The molecule has 0 unspecified atom stereocenters. The van der Waals surface area contributed by atoms with Crippen molar-refractivity contribution in [2.24, 2.45) is 0 Å². The summed E-state index contributed by atoms with van der Waals surface area (Å²) in [4.78, 5) is 11.9. The van der Waals surface area contributed by atoms with Crippen LogP contribution in [-0.4, -0.2) is 28.4 Å². The number of hydrogen-bond acceptors (Lipinski definition) is 5. The molecule has 0 aromatic carbocycles. The Morgan fingerprint density at radius 3 is 2.95 bits per heavy atom. The molecule has 0 atom stereocenters. The predicted octanol–water partition coefficient (Wildman–Crippen LogP) is 1.60. The third kappa shape index (κ3) is 3.45. The fraction of sp³-hybridized carbons (Fsp3) is 0.462. The van der Waals surface area contributed by atoms with E-state index in [1.54, 1.807) is 13.2 Å². The van der Waals surface area contributed by atoms with Crippen molar-refractivity contribution in [1.29, 1.82) is 0 Å². The summed E-state index contributed by atoms with van der Waals surface area (Å²) in [5.41, 5.74) is 1.88. The number of carbonyl (C=O) groups is 1. The molecule has 2 N–H and O–H groups in total. The standard InChI is InChI=1S/C13H18N4O3/c1-8(2)12-5-11(17-20-12)13(18)14-6-9-4-10(7-19-3)16-15-9/h4-5,8H,6-7H2,1-3H3,(H,14,18)(H,15,16). The van der Waals surface area contributed by atoms with E-state index in [1.807, 2.05) is 19.9 Å². The molecule has 2 aromatic rings. The lowest BCUT2D eigenvalue weighted by Gasteiger charge is -1.99. The van der Waals surface area contributed by atoms with Gasteiger partial charge in [0.05, 0.1) is 24.5 Å². The lowest BCUT2D eigenvalue weighted by atomic mass is 10.1. The van der Waals surface area contributed by atoms with Crippen LogP contribution in [0.2, 0.25) is 0 Å². The van der Waals surface area contributed by atoms with E-state index in [4.69, 9.17) is 9.26 Å². The number of carbonyl (C=O) groups excluding carboxylic acids is 1. The molecule has 7 nitrogen and oxygen atoms in total. The monoisotopic (exact) mass is 278 g/mol. The van der Waals surface area contributed by atoms with Crippen LogP contribution in [0.1, 0.15) is 47.4 Å². The van der Waals surface area contributed by atoms with Gasteiger partial charge in [0.15, 0.2) is 5.69 Å². The van der Waals surface area contributed by atoms with Gasteiger partial charge in [0.1, 0.15) is 5.76 Å². The zero-order chi connectivity index (χ0) is 14.5. The molecule has 20 heavy (non-hydrogen) atoms. The van der Waals surface area contributed by atoms with Gasteiger partial charge in [0.2, 0.25) is 0 Å². The number of aromatic amines is 1. The van der Waals surface area contributed by atoms with E-state index in [9.17, 15) is 4.79 Å². The first-order valence-corrected chi connectivity index (χ1v) is 6.37. The van der Waals surface area contributed by atoms with E-state index >= 15 is 0 Å². The molecular weight excluding hydrogens is 260 g/mol. The van der Waals surface area contributed by atoms with E-state index in [2.05, 4.69) is 20.7 Å². The van der Waals surface area contributed by atoms with Gasteiger partial charge >= 0.3 is 0 Å². The Balaban J connectivity index is 1.90. The second-order valence-corrected chi connectivity index (χ2v) is 4.77. The van der Waals surface area contributed by atoms with Crippen LogP contribution in [0.4, 0.5) is 0 Å². The maximum atomic E-state index is 11.9. The lowest BCUT2D eigenvalue weighted by molar-refractivity contribution is 0.0941. The fourth-order valence-electron chi connectivity index (χ4n) is 1.66. The van der Waals surface area contributed by atoms with Crippen LogP contribution in [0.3, 0.4) is 0 Å². The van der Waals surface area contributed by atoms with Crippen molar-refractivity contribution in [2.45, 2.75) is 32.9 Å². The van der Waals surface area contributed by atoms with Crippen molar-refractivity contribution in [3.05, 3.63) is 35.0 Å². The Bertz CT molecular complexity index is 574. The Kier molecular flexibility index (Phi) is 4.52. The molecule has 0 bridgehead atoms. The average Bonchev–Trinajstić information content (AvgIpc) is 3.05. The summed E-state index contributed by atoms with van der Waals surface area (Å²) in [7, 11) is 1.60. The topological polar surface area (TPSA) is 93.0 Å². The van der Waals surface area contributed by atoms with Gasteiger partial charge < -0.3 is 14.6 Å². The number of aromatic nitrogens is 3. The number of amides is 1. The van der Waals surface area contributed by atoms with Crippen molar-refractivity contribution in [3.63, 3.8) is 0 Å². The molecule has 0 saturated carbocycles. The third-order valence-corrected chi connectivity index (χ3v) is 2.75. The molecule has 0 aliphatic heterocycles. The van der Waals surface area contributed by atoms with Crippen molar-refractivity contribution in [1.82, 2.24) is 20.7 Å². The summed E-state index contributed by atoms with van der Waals surface area (Å²) < 4.78 is 10.1. The fourth-order valence-corrected chi connectivity index (χ4v) is 1.66. The van der Waals surface area contributed by atoms with Crippen molar-refractivity contribution in [3.8, 4) is 0 Å². The van der Waals surface area contributed by atoms with Gasteiger partial charge in [-0.05, 0) is 6.07 Å². The SMILES string of the molecule is COCc1cc(CNC(=O)c2cc(C(C)C)on2)[nH]n1. The van der Waals surface area contributed by atoms with Crippen LogP contribution in [0, 0.1) is 0 Å². The first-order valence-electron chi connectivity index (χ1n) is 6.37. The van der Waals surface area contributed by atoms with Crippen LogP contribution in [0.25, 0.3) is 0 Å². The van der Waals surface area contributed by atoms with E-state index < -0.39 is 0 Å². The summed E-state index contributed by atoms with van der Waals surface area (Å²) in [6.07, 6.45) is 0. The molecule has 108 valence electrons. The summed E-state index contributed by atoms with van der Waals surface area (Å²) in [5, 5.41) is 13.4. The van der Waals surface area contributed by atoms with Gasteiger partial charge in [0, 0.05) is 19.1 Å². The number of H-pyrrole nitrogens is 1. The number of nitrogens with zero attached hydrogens (tertiary/aromatic N) is 2. The van der Waals surface area contributed by atoms with Crippen LogP contribution in [0.5, 0.6) is 0 Å². The molecule has 0 aliphatic carbocycles. The Morgan fingerprint density at radius 2 is 2.30 bits per heavy atom. The molecule has 7 heteroatoms. The zero-order valence-corrected chi connectivity index (χ0v) is 11.8. The highest BCUT2D eigenvalue weighted by atomic mass is 16.5. The minimum absolute atomic E-state index is 0.202.